The Morgan fingerprint density at radius 2 is 1.80 bits per heavy atom. The highest BCUT2D eigenvalue weighted by atomic mass is 16.3. The third-order valence-electron chi connectivity index (χ3n) is 4.15. The second-order valence-electron chi connectivity index (χ2n) is 6.12. The number of carbonyl (C=O) groups excluding carboxylic acids is 3. The standard InChI is InChI=1S/C17H26N4O4/c1-4-18-15(22)11-20-5-7-21(8-6-20)16(23)10-19-17(24)14-9-12(2)25-13(14)3/h9H,4-8,10-11H2,1-3H3,(H,18,22)(H,19,24). The van der Waals surface area contributed by atoms with Gasteiger partial charge in [0.05, 0.1) is 18.7 Å². The minimum Gasteiger partial charge on any atom is -0.466 e. The Balaban J connectivity index is 1.74. The van der Waals surface area contributed by atoms with Gasteiger partial charge in [-0.1, -0.05) is 0 Å². The molecule has 25 heavy (non-hydrogen) atoms. The Morgan fingerprint density at radius 1 is 1.12 bits per heavy atom. The molecule has 2 N–H and O–H groups in total. The molecule has 0 radical (unpaired) electrons. The number of hydrogen-bond acceptors (Lipinski definition) is 5. The number of aryl methyl sites for hydroxylation is 2. The van der Waals surface area contributed by atoms with E-state index in [-0.39, 0.29) is 24.3 Å². The topological polar surface area (TPSA) is 94.9 Å². The summed E-state index contributed by atoms with van der Waals surface area (Å²) in [5, 5.41) is 5.41. The van der Waals surface area contributed by atoms with E-state index in [1.165, 1.54) is 0 Å². The first kappa shape index (κ1) is 19.0. The average molecular weight is 350 g/mol. The van der Waals surface area contributed by atoms with Gasteiger partial charge in [0.15, 0.2) is 0 Å². The maximum absolute atomic E-state index is 12.2. The van der Waals surface area contributed by atoms with Crippen molar-refractivity contribution in [1.82, 2.24) is 20.4 Å². The number of amides is 3. The van der Waals surface area contributed by atoms with E-state index >= 15 is 0 Å². The molecule has 1 fully saturated rings. The molecule has 1 aromatic heterocycles. The fraction of sp³-hybridized carbons (Fsp3) is 0.588. The molecular weight excluding hydrogens is 324 g/mol. The molecule has 1 aliphatic heterocycles. The maximum atomic E-state index is 12.2. The highest BCUT2D eigenvalue weighted by Gasteiger charge is 2.23. The molecule has 0 atom stereocenters. The third kappa shape index (κ3) is 5.32. The number of nitrogens with zero attached hydrogens (tertiary/aromatic N) is 2. The van der Waals surface area contributed by atoms with E-state index in [0.717, 1.165) is 0 Å². The van der Waals surface area contributed by atoms with Gasteiger partial charge >= 0.3 is 0 Å². The highest BCUT2D eigenvalue weighted by molar-refractivity contribution is 5.97. The predicted octanol–water partition coefficient (Wildman–Crippen LogP) is -0.0935. The molecule has 8 heteroatoms. The van der Waals surface area contributed by atoms with E-state index in [1.807, 2.05) is 11.8 Å². The van der Waals surface area contributed by atoms with Crippen LogP contribution < -0.4 is 10.6 Å². The number of rotatable bonds is 6. The van der Waals surface area contributed by atoms with Gasteiger partial charge in [-0.25, -0.2) is 0 Å². The highest BCUT2D eigenvalue weighted by Crippen LogP contribution is 2.13. The van der Waals surface area contributed by atoms with Gasteiger partial charge in [-0.15, -0.1) is 0 Å². The molecular formula is C17H26N4O4. The van der Waals surface area contributed by atoms with Crippen LogP contribution in [0.2, 0.25) is 0 Å². The van der Waals surface area contributed by atoms with E-state index in [0.29, 0.717) is 56.4 Å². The Labute approximate surface area is 147 Å². The van der Waals surface area contributed by atoms with Crippen LogP contribution in [0.1, 0.15) is 28.8 Å². The summed E-state index contributed by atoms with van der Waals surface area (Å²) in [7, 11) is 0. The Bertz CT molecular complexity index is 633. The Kier molecular flexibility index (Phi) is 6.58. The van der Waals surface area contributed by atoms with Crippen molar-refractivity contribution < 1.29 is 18.8 Å². The van der Waals surface area contributed by atoms with Crippen molar-refractivity contribution in [2.75, 3.05) is 45.8 Å². The summed E-state index contributed by atoms with van der Waals surface area (Å²) in [5.74, 6) is 0.778. The number of hydrogen-bond donors (Lipinski definition) is 2. The zero-order chi connectivity index (χ0) is 18.4. The molecule has 0 saturated carbocycles. The lowest BCUT2D eigenvalue weighted by Crippen LogP contribution is -2.52. The van der Waals surface area contributed by atoms with Gasteiger partial charge in [-0.3, -0.25) is 19.3 Å². The molecule has 1 aliphatic rings. The summed E-state index contributed by atoms with van der Waals surface area (Å²) in [4.78, 5) is 39.7. The average Bonchev–Trinajstić information content (AvgIpc) is 2.91. The zero-order valence-corrected chi connectivity index (χ0v) is 15.1. The summed E-state index contributed by atoms with van der Waals surface area (Å²) in [6.45, 7) is 8.71. The molecule has 138 valence electrons. The van der Waals surface area contributed by atoms with E-state index in [4.69, 9.17) is 4.42 Å². The van der Waals surface area contributed by atoms with Gasteiger partial charge in [-0.05, 0) is 26.8 Å². The van der Waals surface area contributed by atoms with Gasteiger partial charge in [0.1, 0.15) is 11.5 Å². The number of piperazine rings is 1. The second-order valence-corrected chi connectivity index (χ2v) is 6.12. The van der Waals surface area contributed by atoms with Crippen molar-refractivity contribution in [2.45, 2.75) is 20.8 Å². The van der Waals surface area contributed by atoms with Crippen molar-refractivity contribution in [3.05, 3.63) is 23.2 Å². The van der Waals surface area contributed by atoms with Crippen molar-refractivity contribution in [3.8, 4) is 0 Å². The van der Waals surface area contributed by atoms with Gasteiger partial charge in [0.25, 0.3) is 5.91 Å². The first-order valence-electron chi connectivity index (χ1n) is 8.52. The summed E-state index contributed by atoms with van der Waals surface area (Å²) in [6.07, 6.45) is 0. The maximum Gasteiger partial charge on any atom is 0.255 e. The SMILES string of the molecule is CCNC(=O)CN1CCN(C(=O)CNC(=O)c2cc(C)oc2C)CC1. The molecule has 0 aromatic carbocycles. The molecule has 0 bridgehead atoms. The smallest absolute Gasteiger partial charge is 0.255 e. The molecule has 2 rings (SSSR count). The lowest BCUT2D eigenvalue weighted by Gasteiger charge is -2.34. The van der Waals surface area contributed by atoms with Gasteiger partial charge in [-0.2, -0.15) is 0 Å². The third-order valence-corrected chi connectivity index (χ3v) is 4.15. The van der Waals surface area contributed by atoms with Crippen LogP contribution in [0, 0.1) is 13.8 Å². The zero-order valence-electron chi connectivity index (χ0n) is 15.1. The minimum atomic E-state index is -0.308. The Morgan fingerprint density at radius 3 is 2.36 bits per heavy atom. The van der Waals surface area contributed by atoms with Crippen LogP contribution in [0.15, 0.2) is 10.5 Å². The van der Waals surface area contributed by atoms with E-state index < -0.39 is 0 Å². The number of carbonyl (C=O) groups is 3. The van der Waals surface area contributed by atoms with Crippen molar-refractivity contribution >= 4 is 17.7 Å². The predicted molar refractivity (Wildman–Crippen MR) is 92.2 cm³/mol. The van der Waals surface area contributed by atoms with Crippen LogP contribution >= 0.6 is 0 Å². The molecule has 0 unspecified atom stereocenters. The summed E-state index contributed by atoms with van der Waals surface area (Å²) in [6, 6.07) is 1.66. The van der Waals surface area contributed by atoms with Crippen LogP contribution in [-0.4, -0.2) is 73.3 Å². The summed E-state index contributed by atoms with van der Waals surface area (Å²) >= 11 is 0. The molecule has 1 saturated heterocycles. The number of likely N-dealkylation sites (N-methyl/N-ethyl adjacent to an activating group) is 1. The fourth-order valence-electron chi connectivity index (χ4n) is 2.83. The lowest BCUT2D eigenvalue weighted by atomic mass is 10.2. The van der Waals surface area contributed by atoms with Crippen LogP contribution in [0.3, 0.4) is 0 Å². The first-order chi connectivity index (χ1) is 11.9. The van der Waals surface area contributed by atoms with Crippen LogP contribution in [0.5, 0.6) is 0 Å². The van der Waals surface area contributed by atoms with E-state index in [9.17, 15) is 14.4 Å². The van der Waals surface area contributed by atoms with Crippen molar-refractivity contribution in [1.29, 1.82) is 0 Å². The van der Waals surface area contributed by atoms with Crippen LogP contribution in [0.25, 0.3) is 0 Å². The van der Waals surface area contributed by atoms with E-state index in [2.05, 4.69) is 10.6 Å². The lowest BCUT2D eigenvalue weighted by molar-refractivity contribution is -0.132. The van der Waals surface area contributed by atoms with E-state index in [1.54, 1.807) is 24.8 Å². The second kappa shape index (κ2) is 8.66. The minimum absolute atomic E-state index is 0.000292. The van der Waals surface area contributed by atoms with Gasteiger partial charge in [0, 0.05) is 32.7 Å². The van der Waals surface area contributed by atoms with Crippen molar-refractivity contribution in [3.63, 3.8) is 0 Å². The Hall–Kier alpha value is -2.35. The number of furan rings is 1. The summed E-state index contributed by atoms with van der Waals surface area (Å²) < 4.78 is 5.33. The molecule has 1 aromatic rings. The summed E-state index contributed by atoms with van der Waals surface area (Å²) in [5.41, 5.74) is 0.456. The van der Waals surface area contributed by atoms with Crippen LogP contribution in [-0.2, 0) is 9.59 Å². The molecule has 0 spiro atoms. The fourth-order valence-corrected chi connectivity index (χ4v) is 2.83. The molecule has 2 heterocycles. The van der Waals surface area contributed by atoms with Crippen molar-refractivity contribution in [2.24, 2.45) is 0 Å². The quantitative estimate of drug-likeness (QED) is 0.747. The van der Waals surface area contributed by atoms with Crippen LogP contribution in [0.4, 0.5) is 0 Å². The first-order valence-corrected chi connectivity index (χ1v) is 8.52. The van der Waals surface area contributed by atoms with Gasteiger partial charge in [0.2, 0.25) is 11.8 Å². The number of nitrogens with one attached hydrogen (secondary N) is 2. The van der Waals surface area contributed by atoms with Gasteiger partial charge < -0.3 is 20.0 Å². The molecule has 0 aliphatic carbocycles. The largest absolute Gasteiger partial charge is 0.466 e. The molecule has 8 nitrogen and oxygen atoms in total. The monoisotopic (exact) mass is 350 g/mol. The normalized spacial score (nSPS) is 15.1. The molecule has 3 amide bonds.